The van der Waals surface area contributed by atoms with Crippen molar-refractivity contribution >= 4 is 10.8 Å². The second-order valence-corrected chi connectivity index (χ2v) is 4.01. The third-order valence-corrected chi connectivity index (χ3v) is 2.85. The van der Waals surface area contributed by atoms with Crippen LogP contribution < -0.4 is 0 Å². The van der Waals surface area contributed by atoms with Crippen molar-refractivity contribution in [2.75, 3.05) is 13.7 Å². The number of aliphatic hydroxyl groups excluding tert-OH is 1. The van der Waals surface area contributed by atoms with Crippen LogP contribution in [0, 0.1) is 0 Å². The second-order valence-electron chi connectivity index (χ2n) is 4.01. The van der Waals surface area contributed by atoms with E-state index in [9.17, 15) is 0 Å². The summed E-state index contributed by atoms with van der Waals surface area (Å²) in [6.07, 6.45) is 1.09. The van der Waals surface area contributed by atoms with Gasteiger partial charge in [0.15, 0.2) is 0 Å². The number of aryl methyl sites for hydroxylation is 1. The molecule has 2 aromatic carbocycles. The molecule has 18 heavy (non-hydrogen) atoms. The first-order chi connectivity index (χ1) is 8.83. The maximum atomic E-state index is 7.00. The molecular formula is C16H22O2. The summed E-state index contributed by atoms with van der Waals surface area (Å²) in [7, 11) is 1.00. The SMILES string of the molecule is CCOCc1ccc2cc(CC)ccc2c1.CO. The van der Waals surface area contributed by atoms with Crippen molar-refractivity contribution in [3.05, 3.63) is 47.5 Å². The molecule has 0 bridgehead atoms. The van der Waals surface area contributed by atoms with Gasteiger partial charge in [0, 0.05) is 13.7 Å². The third-order valence-electron chi connectivity index (χ3n) is 2.85. The molecule has 0 saturated heterocycles. The van der Waals surface area contributed by atoms with Crippen LogP contribution in [-0.2, 0) is 17.8 Å². The summed E-state index contributed by atoms with van der Waals surface area (Å²) >= 11 is 0. The molecular weight excluding hydrogens is 224 g/mol. The van der Waals surface area contributed by atoms with Crippen molar-refractivity contribution in [1.82, 2.24) is 0 Å². The van der Waals surface area contributed by atoms with Gasteiger partial charge in [-0.05, 0) is 41.3 Å². The van der Waals surface area contributed by atoms with Gasteiger partial charge in [-0.1, -0.05) is 37.3 Å². The predicted octanol–water partition coefficient (Wildman–Crippen LogP) is 3.55. The minimum Gasteiger partial charge on any atom is -0.400 e. The molecule has 0 heterocycles. The summed E-state index contributed by atoms with van der Waals surface area (Å²) in [5.74, 6) is 0. The van der Waals surface area contributed by atoms with Gasteiger partial charge in [-0.25, -0.2) is 0 Å². The molecule has 98 valence electrons. The second kappa shape index (κ2) is 7.85. The van der Waals surface area contributed by atoms with Crippen LogP contribution in [0.3, 0.4) is 0 Å². The molecule has 0 aliphatic heterocycles. The van der Waals surface area contributed by atoms with E-state index in [0.717, 1.165) is 20.1 Å². The number of ether oxygens (including phenoxy) is 1. The highest BCUT2D eigenvalue weighted by Crippen LogP contribution is 2.18. The van der Waals surface area contributed by atoms with Crippen LogP contribution in [0.25, 0.3) is 10.8 Å². The lowest BCUT2D eigenvalue weighted by atomic mass is 10.0. The average Bonchev–Trinajstić information content (AvgIpc) is 2.46. The molecule has 0 fully saturated rings. The zero-order valence-corrected chi connectivity index (χ0v) is 11.4. The largest absolute Gasteiger partial charge is 0.400 e. The van der Waals surface area contributed by atoms with Gasteiger partial charge in [-0.3, -0.25) is 0 Å². The molecule has 0 aliphatic carbocycles. The summed E-state index contributed by atoms with van der Waals surface area (Å²) in [6.45, 7) is 5.69. The highest BCUT2D eigenvalue weighted by atomic mass is 16.5. The molecule has 0 amide bonds. The smallest absolute Gasteiger partial charge is 0.0716 e. The summed E-state index contributed by atoms with van der Waals surface area (Å²) in [4.78, 5) is 0. The van der Waals surface area contributed by atoms with E-state index in [1.54, 1.807) is 0 Å². The van der Waals surface area contributed by atoms with Gasteiger partial charge in [0.05, 0.1) is 6.61 Å². The van der Waals surface area contributed by atoms with E-state index in [0.29, 0.717) is 6.61 Å². The van der Waals surface area contributed by atoms with E-state index in [1.165, 1.54) is 21.9 Å². The van der Waals surface area contributed by atoms with E-state index in [2.05, 4.69) is 43.3 Å². The molecule has 2 rings (SSSR count). The highest BCUT2D eigenvalue weighted by molar-refractivity contribution is 5.83. The van der Waals surface area contributed by atoms with E-state index in [1.807, 2.05) is 6.92 Å². The maximum Gasteiger partial charge on any atom is 0.0716 e. The fourth-order valence-corrected chi connectivity index (χ4v) is 1.87. The first-order valence-corrected chi connectivity index (χ1v) is 6.37. The van der Waals surface area contributed by atoms with E-state index in [4.69, 9.17) is 9.84 Å². The van der Waals surface area contributed by atoms with Gasteiger partial charge in [0.25, 0.3) is 0 Å². The molecule has 0 unspecified atom stereocenters. The Bertz CT molecular complexity index is 477. The van der Waals surface area contributed by atoms with Crippen molar-refractivity contribution in [3.8, 4) is 0 Å². The van der Waals surface area contributed by atoms with Crippen LogP contribution in [0.15, 0.2) is 36.4 Å². The standard InChI is InChI=1S/C15H18O.CH4O/c1-3-12-5-7-15-10-13(11-16-4-2)6-8-14(15)9-12;1-2/h5-10H,3-4,11H2,1-2H3;2H,1H3. The zero-order chi connectivity index (χ0) is 13.4. The molecule has 0 saturated carbocycles. The number of fused-ring (bicyclic) bond motifs is 1. The molecule has 2 aromatic rings. The average molecular weight is 246 g/mol. The van der Waals surface area contributed by atoms with E-state index >= 15 is 0 Å². The third kappa shape index (κ3) is 3.83. The Morgan fingerprint density at radius 1 is 0.889 bits per heavy atom. The number of hydrogen-bond donors (Lipinski definition) is 1. The molecule has 0 aromatic heterocycles. The maximum absolute atomic E-state index is 7.00. The lowest BCUT2D eigenvalue weighted by Gasteiger charge is -2.05. The van der Waals surface area contributed by atoms with Crippen LogP contribution in [0.1, 0.15) is 25.0 Å². The van der Waals surface area contributed by atoms with Gasteiger partial charge in [-0.2, -0.15) is 0 Å². The summed E-state index contributed by atoms with van der Waals surface area (Å²) in [5, 5.41) is 9.62. The van der Waals surface area contributed by atoms with Crippen LogP contribution in [-0.4, -0.2) is 18.8 Å². The monoisotopic (exact) mass is 246 g/mol. The minimum atomic E-state index is 0.710. The summed E-state index contributed by atoms with van der Waals surface area (Å²) in [5.41, 5.74) is 2.64. The van der Waals surface area contributed by atoms with Crippen molar-refractivity contribution < 1.29 is 9.84 Å². The molecule has 0 aliphatic rings. The van der Waals surface area contributed by atoms with Gasteiger partial charge in [0.1, 0.15) is 0 Å². The molecule has 0 spiro atoms. The van der Waals surface area contributed by atoms with Crippen LogP contribution in [0.2, 0.25) is 0 Å². The van der Waals surface area contributed by atoms with E-state index < -0.39 is 0 Å². The fraction of sp³-hybridized carbons (Fsp3) is 0.375. The lowest BCUT2D eigenvalue weighted by molar-refractivity contribution is 0.134. The topological polar surface area (TPSA) is 29.5 Å². The number of benzene rings is 2. The van der Waals surface area contributed by atoms with Crippen molar-refractivity contribution in [3.63, 3.8) is 0 Å². The Labute approximate surface area is 109 Å². The van der Waals surface area contributed by atoms with Gasteiger partial charge < -0.3 is 9.84 Å². The number of rotatable bonds is 4. The Kier molecular flexibility index (Phi) is 6.40. The van der Waals surface area contributed by atoms with Crippen LogP contribution >= 0.6 is 0 Å². The quantitative estimate of drug-likeness (QED) is 0.894. The van der Waals surface area contributed by atoms with Gasteiger partial charge in [0.2, 0.25) is 0 Å². The number of aliphatic hydroxyl groups is 1. The minimum absolute atomic E-state index is 0.710. The number of hydrogen-bond acceptors (Lipinski definition) is 2. The summed E-state index contributed by atoms with van der Waals surface area (Å²) < 4.78 is 5.41. The zero-order valence-electron chi connectivity index (χ0n) is 11.4. The predicted molar refractivity (Wildman–Crippen MR) is 76.8 cm³/mol. The normalized spacial score (nSPS) is 10.0. The highest BCUT2D eigenvalue weighted by Gasteiger charge is 1.98. The van der Waals surface area contributed by atoms with Gasteiger partial charge >= 0.3 is 0 Å². The van der Waals surface area contributed by atoms with Crippen LogP contribution in [0.5, 0.6) is 0 Å². The Hall–Kier alpha value is -1.38. The Balaban J connectivity index is 0.000000771. The Morgan fingerprint density at radius 2 is 1.44 bits per heavy atom. The van der Waals surface area contributed by atoms with E-state index in [-0.39, 0.29) is 0 Å². The fourth-order valence-electron chi connectivity index (χ4n) is 1.87. The van der Waals surface area contributed by atoms with Crippen LogP contribution in [0.4, 0.5) is 0 Å². The molecule has 2 nitrogen and oxygen atoms in total. The first-order valence-electron chi connectivity index (χ1n) is 6.37. The van der Waals surface area contributed by atoms with Crippen molar-refractivity contribution in [2.24, 2.45) is 0 Å². The van der Waals surface area contributed by atoms with Gasteiger partial charge in [-0.15, -0.1) is 0 Å². The molecule has 0 atom stereocenters. The molecule has 2 heteroatoms. The first kappa shape index (κ1) is 14.7. The molecule has 0 radical (unpaired) electrons. The van der Waals surface area contributed by atoms with Crippen molar-refractivity contribution in [1.29, 1.82) is 0 Å². The molecule has 1 N–H and O–H groups in total. The van der Waals surface area contributed by atoms with Crippen molar-refractivity contribution in [2.45, 2.75) is 26.9 Å². The lowest BCUT2D eigenvalue weighted by Crippen LogP contribution is -1.91. The summed E-state index contributed by atoms with van der Waals surface area (Å²) in [6, 6.07) is 13.2. The Morgan fingerprint density at radius 3 is 2.00 bits per heavy atom.